The molecule has 3 nitrogen and oxygen atoms in total. The molecule has 0 rings (SSSR count). The number of allylic oxidation sites excluding steroid dienone is 1. The van der Waals surface area contributed by atoms with E-state index in [0.29, 0.717) is 12.1 Å². The van der Waals surface area contributed by atoms with Crippen molar-refractivity contribution in [3.63, 3.8) is 0 Å². The summed E-state index contributed by atoms with van der Waals surface area (Å²) in [6.07, 6.45) is 3.13. The minimum atomic E-state index is 0.0170. The molecular weight excluding hydrogens is 104 g/mol. The summed E-state index contributed by atoms with van der Waals surface area (Å²) in [6, 6.07) is 0. The predicted molar refractivity (Wildman–Crippen MR) is 32.8 cm³/mol. The normalized spacial score (nSPS) is 10.1. The third-order valence-electron chi connectivity index (χ3n) is 0.679. The van der Waals surface area contributed by atoms with Gasteiger partial charge in [0.25, 0.3) is 0 Å². The fourth-order valence-corrected chi connectivity index (χ4v) is 0.320. The summed E-state index contributed by atoms with van der Waals surface area (Å²) in [6.45, 7) is 0.0170. The Morgan fingerprint density at radius 1 is 1.75 bits per heavy atom. The Morgan fingerprint density at radius 3 is 2.75 bits per heavy atom. The van der Waals surface area contributed by atoms with E-state index in [-0.39, 0.29) is 6.61 Å². The minimum absolute atomic E-state index is 0.0170. The van der Waals surface area contributed by atoms with E-state index < -0.39 is 0 Å². The molecule has 0 amide bonds. The van der Waals surface area contributed by atoms with Crippen LogP contribution in [-0.4, -0.2) is 17.4 Å². The second kappa shape index (κ2) is 4.33. The lowest BCUT2D eigenvalue weighted by molar-refractivity contribution is 0.307. The number of hydrogen-bond acceptors (Lipinski definition) is 3. The second-order valence-electron chi connectivity index (χ2n) is 1.36. The quantitative estimate of drug-likeness (QED) is 0.447. The molecule has 0 heterocycles. The summed E-state index contributed by atoms with van der Waals surface area (Å²) in [5.41, 5.74) is 5.31. The highest BCUT2D eigenvalue weighted by Gasteiger charge is 1.85. The molecule has 8 heavy (non-hydrogen) atoms. The largest absolute Gasteiger partial charge is 0.405 e. The first-order valence-electron chi connectivity index (χ1n) is 2.38. The molecule has 0 aliphatic heterocycles. The van der Waals surface area contributed by atoms with Crippen LogP contribution < -0.4 is 5.73 Å². The molecular formula is C5H10N2O. The Hall–Kier alpha value is -0.830. The van der Waals surface area contributed by atoms with E-state index in [1.807, 2.05) is 0 Å². The fraction of sp³-hybridized carbons (Fsp3) is 0.400. The number of nitrogens with one attached hydrogen (secondary N) is 1. The molecule has 0 saturated carbocycles. The maximum atomic E-state index is 8.25. The van der Waals surface area contributed by atoms with Gasteiger partial charge in [-0.15, -0.1) is 0 Å². The van der Waals surface area contributed by atoms with Gasteiger partial charge in [0, 0.05) is 18.7 Å². The van der Waals surface area contributed by atoms with Gasteiger partial charge >= 0.3 is 0 Å². The van der Waals surface area contributed by atoms with Gasteiger partial charge in [0.2, 0.25) is 0 Å². The van der Waals surface area contributed by atoms with Crippen LogP contribution in [0.5, 0.6) is 0 Å². The first-order chi connectivity index (χ1) is 3.81. The van der Waals surface area contributed by atoms with E-state index in [2.05, 4.69) is 0 Å². The monoisotopic (exact) mass is 114 g/mol. The molecule has 0 saturated heterocycles. The van der Waals surface area contributed by atoms with Crippen LogP contribution in [0.2, 0.25) is 0 Å². The van der Waals surface area contributed by atoms with E-state index in [4.69, 9.17) is 16.2 Å². The van der Waals surface area contributed by atoms with Crippen LogP contribution in [0.1, 0.15) is 6.42 Å². The topological polar surface area (TPSA) is 70.1 Å². The van der Waals surface area contributed by atoms with Crippen molar-refractivity contribution in [3.05, 3.63) is 12.3 Å². The van der Waals surface area contributed by atoms with E-state index in [9.17, 15) is 0 Å². The third-order valence-corrected chi connectivity index (χ3v) is 0.679. The van der Waals surface area contributed by atoms with Crippen molar-refractivity contribution in [3.8, 4) is 0 Å². The Kier molecular flexibility index (Phi) is 3.88. The highest BCUT2D eigenvalue weighted by atomic mass is 16.2. The Labute approximate surface area is 48.3 Å². The molecule has 0 radical (unpaired) electrons. The molecule has 0 aliphatic rings. The standard InChI is InChI=1S/C5H10N2O/c6-3-1-5(7)2-4-8/h1,3,7-8H,2,4,6H2. The van der Waals surface area contributed by atoms with Gasteiger partial charge < -0.3 is 16.2 Å². The Morgan fingerprint density at radius 2 is 2.38 bits per heavy atom. The van der Waals surface area contributed by atoms with Crippen LogP contribution >= 0.6 is 0 Å². The highest BCUT2D eigenvalue weighted by Crippen LogP contribution is 1.81. The molecule has 0 aliphatic carbocycles. The summed E-state index contributed by atoms with van der Waals surface area (Å²) in [5.74, 6) is 0. The van der Waals surface area contributed by atoms with Crippen molar-refractivity contribution in [1.82, 2.24) is 0 Å². The van der Waals surface area contributed by atoms with Crippen LogP contribution in [0.25, 0.3) is 0 Å². The first-order valence-corrected chi connectivity index (χ1v) is 2.38. The molecule has 0 aromatic heterocycles. The molecule has 4 N–H and O–H groups in total. The van der Waals surface area contributed by atoms with Gasteiger partial charge in [-0.3, -0.25) is 0 Å². The fourth-order valence-electron chi connectivity index (χ4n) is 0.320. The predicted octanol–water partition coefficient (Wildman–Crippen LogP) is -0.139. The zero-order chi connectivity index (χ0) is 6.41. The molecule has 0 spiro atoms. The lowest BCUT2D eigenvalue weighted by Crippen LogP contribution is -1.95. The maximum absolute atomic E-state index is 8.25. The molecule has 0 unspecified atom stereocenters. The van der Waals surface area contributed by atoms with Gasteiger partial charge in [0.15, 0.2) is 0 Å². The molecule has 0 aromatic carbocycles. The number of aliphatic hydroxyl groups excluding tert-OH is 1. The van der Waals surface area contributed by atoms with Crippen molar-refractivity contribution in [2.75, 3.05) is 6.61 Å². The number of nitrogens with two attached hydrogens (primary N) is 1. The lowest BCUT2D eigenvalue weighted by Gasteiger charge is -1.88. The second-order valence-corrected chi connectivity index (χ2v) is 1.36. The number of aliphatic hydroxyl groups is 1. The van der Waals surface area contributed by atoms with Crippen LogP contribution in [0.4, 0.5) is 0 Å². The van der Waals surface area contributed by atoms with Crippen molar-refractivity contribution in [2.24, 2.45) is 5.73 Å². The van der Waals surface area contributed by atoms with Gasteiger partial charge in [-0.2, -0.15) is 0 Å². The Bertz CT molecular complexity index is 98.6. The summed E-state index contributed by atoms with van der Waals surface area (Å²) in [4.78, 5) is 0. The summed E-state index contributed by atoms with van der Waals surface area (Å²) >= 11 is 0. The van der Waals surface area contributed by atoms with Crippen molar-refractivity contribution in [1.29, 1.82) is 5.41 Å². The number of rotatable bonds is 3. The Balaban J connectivity index is 3.33. The average Bonchev–Trinajstić information content (AvgIpc) is 1.68. The molecule has 46 valence electrons. The highest BCUT2D eigenvalue weighted by molar-refractivity contribution is 5.92. The van der Waals surface area contributed by atoms with E-state index >= 15 is 0 Å². The van der Waals surface area contributed by atoms with Crippen LogP contribution in [0.15, 0.2) is 12.3 Å². The average molecular weight is 114 g/mol. The van der Waals surface area contributed by atoms with E-state index in [1.54, 1.807) is 0 Å². The van der Waals surface area contributed by atoms with E-state index in [0.717, 1.165) is 0 Å². The van der Waals surface area contributed by atoms with Gasteiger partial charge in [0.1, 0.15) is 0 Å². The van der Waals surface area contributed by atoms with Crippen molar-refractivity contribution in [2.45, 2.75) is 6.42 Å². The van der Waals surface area contributed by atoms with E-state index in [1.165, 1.54) is 12.3 Å². The lowest BCUT2D eigenvalue weighted by atomic mass is 10.3. The first kappa shape index (κ1) is 7.17. The summed E-state index contributed by atoms with van der Waals surface area (Å²) in [7, 11) is 0. The molecule has 3 heteroatoms. The minimum Gasteiger partial charge on any atom is -0.405 e. The van der Waals surface area contributed by atoms with Crippen LogP contribution in [0, 0.1) is 5.41 Å². The zero-order valence-electron chi connectivity index (χ0n) is 4.59. The SMILES string of the molecule is N=C(C=CN)CCO. The molecule has 0 atom stereocenters. The molecule has 0 bridgehead atoms. The van der Waals surface area contributed by atoms with Gasteiger partial charge in [0.05, 0.1) is 0 Å². The molecule has 0 aromatic rings. The summed E-state index contributed by atoms with van der Waals surface area (Å²) < 4.78 is 0. The summed E-state index contributed by atoms with van der Waals surface area (Å²) in [5, 5.41) is 15.2. The maximum Gasteiger partial charge on any atom is 0.0486 e. The van der Waals surface area contributed by atoms with Crippen molar-refractivity contribution < 1.29 is 5.11 Å². The smallest absolute Gasteiger partial charge is 0.0486 e. The molecule has 0 fully saturated rings. The third kappa shape index (κ3) is 3.36. The van der Waals surface area contributed by atoms with Gasteiger partial charge in [-0.25, -0.2) is 0 Å². The number of hydrogen-bond donors (Lipinski definition) is 3. The van der Waals surface area contributed by atoms with Crippen LogP contribution in [0.3, 0.4) is 0 Å². The van der Waals surface area contributed by atoms with Gasteiger partial charge in [-0.05, 0) is 12.3 Å². The van der Waals surface area contributed by atoms with Crippen LogP contribution in [-0.2, 0) is 0 Å². The van der Waals surface area contributed by atoms with Crippen molar-refractivity contribution >= 4 is 5.71 Å². The van der Waals surface area contributed by atoms with Gasteiger partial charge in [-0.1, -0.05) is 0 Å². The zero-order valence-corrected chi connectivity index (χ0v) is 4.59.